The molecule has 0 aliphatic heterocycles. The van der Waals surface area contributed by atoms with E-state index in [4.69, 9.17) is 0 Å². The van der Waals surface area contributed by atoms with Gasteiger partial charge in [0.2, 0.25) is 0 Å². The molecule has 0 atom stereocenters. The third-order valence-corrected chi connectivity index (χ3v) is 10.0. The van der Waals surface area contributed by atoms with Crippen LogP contribution in [0.4, 0.5) is 17.1 Å². The minimum atomic E-state index is -0.0268. The number of benzene rings is 8. The maximum atomic E-state index is 2.45. The van der Waals surface area contributed by atoms with Crippen LogP contribution < -0.4 is 4.90 Å². The summed E-state index contributed by atoms with van der Waals surface area (Å²) in [5.74, 6) is 0. The highest BCUT2D eigenvalue weighted by molar-refractivity contribution is 6.11. The van der Waals surface area contributed by atoms with E-state index in [1.807, 2.05) is 0 Å². The first-order valence-electron chi connectivity index (χ1n) is 16.1. The molecule has 0 N–H and O–H groups in total. The quantitative estimate of drug-likeness (QED) is 0.185. The van der Waals surface area contributed by atoms with Crippen molar-refractivity contribution in [1.82, 2.24) is 0 Å². The summed E-state index contributed by atoms with van der Waals surface area (Å²) in [6, 6.07) is 60.2. The molecule has 46 heavy (non-hydrogen) atoms. The summed E-state index contributed by atoms with van der Waals surface area (Å²) in [5.41, 5.74) is 11.4. The van der Waals surface area contributed by atoms with E-state index < -0.39 is 0 Å². The molecule has 0 radical (unpaired) electrons. The van der Waals surface area contributed by atoms with E-state index in [0.717, 1.165) is 17.1 Å². The van der Waals surface area contributed by atoms with Crippen LogP contribution in [0.5, 0.6) is 0 Å². The summed E-state index contributed by atoms with van der Waals surface area (Å²) in [7, 11) is 0. The Balaban J connectivity index is 1.20. The Bertz CT molecular complexity index is 2430. The number of anilines is 3. The van der Waals surface area contributed by atoms with E-state index in [9.17, 15) is 0 Å². The van der Waals surface area contributed by atoms with E-state index in [-0.39, 0.29) is 5.41 Å². The van der Waals surface area contributed by atoms with Crippen LogP contribution in [-0.4, -0.2) is 0 Å². The predicted octanol–water partition coefficient (Wildman–Crippen LogP) is 12.6. The molecule has 0 saturated carbocycles. The maximum absolute atomic E-state index is 2.45. The number of hydrogen-bond acceptors (Lipinski definition) is 1. The maximum Gasteiger partial charge on any atom is 0.0468 e. The second-order valence-corrected chi connectivity index (χ2v) is 13.0. The number of rotatable bonds is 4. The molecule has 9 rings (SSSR count). The normalized spacial score (nSPS) is 13.2. The fourth-order valence-corrected chi connectivity index (χ4v) is 7.58. The third-order valence-electron chi connectivity index (χ3n) is 10.0. The molecule has 0 bridgehead atoms. The molecular formula is C45H33N. The summed E-state index contributed by atoms with van der Waals surface area (Å²) in [4.78, 5) is 2.38. The fraction of sp³-hybridized carbons (Fsp3) is 0.0667. The monoisotopic (exact) mass is 587 g/mol. The van der Waals surface area contributed by atoms with Crippen LogP contribution in [0.15, 0.2) is 164 Å². The van der Waals surface area contributed by atoms with Gasteiger partial charge >= 0.3 is 0 Å². The van der Waals surface area contributed by atoms with Crippen LogP contribution in [0.25, 0.3) is 54.6 Å². The van der Waals surface area contributed by atoms with Crippen LogP contribution in [0.2, 0.25) is 0 Å². The van der Waals surface area contributed by atoms with E-state index >= 15 is 0 Å². The molecular weight excluding hydrogens is 555 g/mol. The zero-order valence-electron chi connectivity index (χ0n) is 26.0. The fourth-order valence-electron chi connectivity index (χ4n) is 7.58. The van der Waals surface area contributed by atoms with Gasteiger partial charge in [0, 0.05) is 22.5 Å². The molecule has 1 aliphatic carbocycles. The van der Waals surface area contributed by atoms with Gasteiger partial charge in [0.05, 0.1) is 0 Å². The van der Waals surface area contributed by atoms with Crippen molar-refractivity contribution < 1.29 is 0 Å². The van der Waals surface area contributed by atoms with Gasteiger partial charge in [-0.2, -0.15) is 0 Å². The molecule has 0 unspecified atom stereocenters. The summed E-state index contributed by atoms with van der Waals surface area (Å²) in [5, 5.41) is 7.60. The predicted molar refractivity (Wildman–Crippen MR) is 197 cm³/mol. The van der Waals surface area contributed by atoms with Gasteiger partial charge in [0.15, 0.2) is 0 Å². The topological polar surface area (TPSA) is 3.24 Å². The van der Waals surface area contributed by atoms with Gasteiger partial charge in [-0.1, -0.05) is 129 Å². The van der Waals surface area contributed by atoms with Crippen molar-refractivity contribution in [3.8, 4) is 22.3 Å². The molecule has 1 heteroatoms. The van der Waals surface area contributed by atoms with Crippen LogP contribution in [0, 0.1) is 0 Å². The largest absolute Gasteiger partial charge is 0.310 e. The Labute approximate surface area is 270 Å². The first-order chi connectivity index (χ1) is 22.5. The zero-order chi connectivity index (χ0) is 30.8. The van der Waals surface area contributed by atoms with Crippen molar-refractivity contribution in [2.45, 2.75) is 19.3 Å². The standard InChI is InChI=1S/C45H33N/c1-45(2)43-15-9-8-14-40(43)42-28-35-17-16-34-27-38(24-25-39(34)41(35)29-44(42)45)46(37-23-20-31-12-6-7-13-33(31)26-37)36-21-18-32(19-22-36)30-10-4-3-5-11-30/h3-29H,1-2H3. The summed E-state index contributed by atoms with van der Waals surface area (Å²) < 4.78 is 0. The Morgan fingerprint density at radius 3 is 1.76 bits per heavy atom. The van der Waals surface area contributed by atoms with E-state index in [0.29, 0.717) is 0 Å². The lowest BCUT2D eigenvalue weighted by atomic mass is 9.81. The minimum absolute atomic E-state index is 0.0268. The van der Waals surface area contributed by atoms with Crippen LogP contribution in [0.3, 0.4) is 0 Å². The molecule has 8 aromatic carbocycles. The smallest absolute Gasteiger partial charge is 0.0468 e. The van der Waals surface area contributed by atoms with Gasteiger partial charge in [-0.3, -0.25) is 0 Å². The summed E-state index contributed by atoms with van der Waals surface area (Å²) >= 11 is 0. The molecule has 0 amide bonds. The molecule has 8 aromatic rings. The molecule has 0 saturated heterocycles. The molecule has 0 fully saturated rings. The van der Waals surface area contributed by atoms with Gasteiger partial charge in [-0.05, 0) is 114 Å². The summed E-state index contributed by atoms with van der Waals surface area (Å²) in [6.07, 6.45) is 0. The van der Waals surface area contributed by atoms with Crippen LogP contribution in [-0.2, 0) is 5.41 Å². The average molecular weight is 588 g/mol. The van der Waals surface area contributed by atoms with Gasteiger partial charge in [0.1, 0.15) is 0 Å². The molecule has 0 spiro atoms. The van der Waals surface area contributed by atoms with E-state index in [1.165, 1.54) is 65.7 Å². The highest BCUT2D eigenvalue weighted by atomic mass is 15.1. The lowest BCUT2D eigenvalue weighted by Crippen LogP contribution is -2.14. The SMILES string of the molecule is CC1(C)c2ccccc2-c2cc3ccc4cc(N(c5ccc(-c6ccccc6)cc5)c5ccc6ccccc6c5)ccc4c3cc21. The highest BCUT2D eigenvalue weighted by Gasteiger charge is 2.35. The minimum Gasteiger partial charge on any atom is -0.310 e. The van der Waals surface area contributed by atoms with Gasteiger partial charge in [-0.25, -0.2) is 0 Å². The Kier molecular flexibility index (Phi) is 5.92. The first kappa shape index (κ1) is 26.7. The van der Waals surface area contributed by atoms with Crippen LogP contribution in [0.1, 0.15) is 25.0 Å². The van der Waals surface area contributed by atoms with Gasteiger partial charge in [0.25, 0.3) is 0 Å². The van der Waals surface area contributed by atoms with E-state index in [2.05, 4.69) is 183 Å². The Morgan fingerprint density at radius 1 is 0.370 bits per heavy atom. The Hall–Kier alpha value is -5.66. The number of nitrogens with zero attached hydrogens (tertiary/aromatic N) is 1. The second kappa shape index (κ2) is 10.2. The highest BCUT2D eigenvalue weighted by Crippen LogP contribution is 2.50. The van der Waals surface area contributed by atoms with Crippen LogP contribution >= 0.6 is 0 Å². The lowest BCUT2D eigenvalue weighted by Gasteiger charge is -2.26. The molecule has 1 aliphatic rings. The lowest BCUT2D eigenvalue weighted by molar-refractivity contribution is 0.661. The second-order valence-electron chi connectivity index (χ2n) is 13.0. The number of fused-ring (bicyclic) bond motifs is 7. The average Bonchev–Trinajstić information content (AvgIpc) is 3.33. The zero-order valence-corrected chi connectivity index (χ0v) is 26.0. The van der Waals surface area contributed by atoms with Crippen molar-refractivity contribution in [3.05, 3.63) is 175 Å². The molecule has 1 nitrogen and oxygen atoms in total. The third kappa shape index (κ3) is 4.16. The van der Waals surface area contributed by atoms with Crippen molar-refractivity contribution in [2.75, 3.05) is 4.90 Å². The molecule has 218 valence electrons. The Morgan fingerprint density at radius 2 is 0.957 bits per heavy atom. The van der Waals surface area contributed by atoms with Crippen molar-refractivity contribution in [3.63, 3.8) is 0 Å². The molecule has 0 aromatic heterocycles. The number of hydrogen-bond donors (Lipinski definition) is 0. The first-order valence-corrected chi connectivity index (χ1v) is 16.1. The summed E-state index contributed by atoms with van der Waals surface area (Å²) in [6.45, 7) is 4.72. The van der Waals surface area contributed by atoms with Gasteiger partial charge < -0.3 is 4.90 Å². The van der Waals surface area contributed by atoms with Crippen molar-refractivity contribution in [1.29, 1.82) is 0 Å². The van der Waals surface area contributed by atoms with Crippen molar-refractivity contribution in [2.24, 2.45) is 0 Å². The van der Waals surface area contributed by atoms with Crippen molar-refractivity contribution >= 4 is 49.4 Å². The molecule has 0 heterocycles. The van der Waals surface area contributed by atoms with E-state index in [1.54, 1.807) is 0 Å². The van der Waals surface area contributed by atoms with Gasteiger partial charge in [-0.15, -0.1) is 0 Å².